The Morgan fingerprint density at radius 1 is 0.929 bits per heavy atom. The minimum absolute atomic E-state index is 0. The summed E-state index contributed by atoms with van der Waals surface area (Å²) in [6.45, 7) is 6.29. The van der Waals surface area contributed by atoms with Gasteiger partial charge in [0.05, 0.1) is 19.6 Å². The van der Waals surface area contributed by atoms with Crippen molar-refractivity contribution in [3.63, 3.8) is 0 Å². The Balaban J connectivity index is -0.00000338. The third-order valence-corrected chi connectivity index (χ3v) is 5.25. The largest absolute Gasteiger partial charge is 1.00 e. The van der Waals surface area contributed by atoms with Gasteiger partial charge in [-0.15, -0.1) is 0 Å². The number of esters is 2. The molecule has 0 aliphatic heterocycles. The normalized spacial score (nSPS) is 12.3. The summed E-state index contributed by atoms with van der Waals surface area (Å²) in [6.07, 6.45) is 8.42. The molecule has 0 radical (unpaired) electrons. The summed E-state index contributed by atoms with van der Waals surface area (Å²) in [5.74, 6) is -1.63. The summed E-state index contributed by atoms with van der Waals surface area (Å²) in [5, 5.41) is -1.93. The predicted molar refractivity (Wildman–Crippen MR) is 105 cm³/mol. The maximum absolute atomic E-state index is 11.9. The molecular weight excluding hydrogens is 395 g/mol. The zero-order chi connectivity index (χ0) is 20.7. The second kappa shape index (κ2) is 17.7. The molecule has 0 fully saturated rings. The van der Waals surface area contributed by atoms with Crippen molar-refractivity contribution in [1.82, 2.24) is 0 Å². The molecule has 0 aromatic rings. The van der Waals surface area contributed by atoms with E-state index >= 15 is 0 Å². The van der Waals surface area contributed by atoms with Crippen molar-refractivity contribution in [3.8, 4) is 0 Å². The summed E-state index contributed by atoms with van der Waals surface area (Å²) >= 11 is 0. The van der Waals surface area contributed by atoms with Crippen molar-refractivity contribution in [2.24, 2.45) is 5.92 Å². The fourth-order valence-electron chi connectivity index (χ4n) is 2.43. The Morgan fingerprint density at radius 2 is 1.46 bits per heavy atom. The second-order valence-electron chi connectivity index (χ2n) is 7.25. The number of hydrogen-bond acceptors (Lipinski definition) is 6. The molecule has 0 aliphatic carbocycles. The standard InChI is InChI=1S/C19H36O7S.Na.H/c1-4-5-6-7-8-9-10-11-13-26-19(21)17(27(22,23)24)15-18(20)25-14-12-16(2)3;;/h16-17H,4-15H2,1-3H3,(H,22,23,24);;/q;+1;-1. The van der Waals surface area contributed by atoms with Gasteiger partial charge in [0.1, 0.15) is 0 Å². The fraction of sp³-hybridized carbons (Fsp3) is 0.895. The van der Waals surface area contributed by atoms with Gasteiger partial charge in [-0.1, -0.05) is 65.7 Å². The Labute approximate surface area is 193 Å². The molecule has 0 spiro atoms. The zero-order valence-corrected chi connectivity index (χ0v) is 20.8. The first-order valence-electron chi connectivity index (χ1n) is 9.97. The number of carbonyl (C=O) groups excluding carboxylic acids is 2. The van der Waals surface area contributed by atoms with Crippen LogP contribution < -0.4 is 29.6 Å². The van der Waals surface area contributed by atoms with Crippen molar-refractivity contribution in [2.75, 3.05) is 13.2 Å². The van der Waals surface area contributed by atoms with Gasteiger partial charge in [0.2, 0.25) is 0 Å². The van der Waals surface area contributed by atoms with Crippen LogP contribution in [0.15, 0.2) is 0 Å². The van der Waals surface area contributed by atoms with Gasteiger partial charge in [-0.3, -0.25) is 14.1 Å². The summed E-state index contributed by atoms with van der Waals surface area (Å²) in [6, 6.07) is 0. The van der Waals surface area contributed by atoms with Gasteiger partial charge in [-0.2, -0.15) is 8.42 Å². The van der Waals surface area contributed by atoms with Crippen molar-refractivity contribution in [1.29, 1.82) is 0 Å². The number of hydrogen-bond donors (Lipinski definition) is 1. The molecule has 0 aliphatic rings. The van der Waals surface area contributed by atoms with Gasteiger partial charge in [-0.25, -0.2) is 0 Å². The summed E-state index contributed by atoms with van der Waals surface area (Å²) < 4.78 is 41.9. The maximum Gasteiger partial charge on any atom is 1.00 e. The van der Waals surface area contributed by atoms with Gasteiger partial charge in [0, 0.05) is 0 Å². The van der Waals surface area contributed by atoms with Crippen molar-refractivity contribution in [2.45, 2.75) is 90.2 Å². The Morgan fingerprint density at radius 3 is 1.96 bits per heavy atom. The van der Waals surface area contributed by atoms with E-state index in [1.807, 2.05) is 13.8 Å². The van der Waals surface area contributed by atoms with Gasteiger partial charge in [-0.05, 0) is 18.8 Å². The van der Waals surface area contributed by atoms with E-state index in [1.165, 1.54) is 25.7 Å². The van der Waals surface area contributed by atoms with Crippen LogP contribution in [0.1, 0.15) is 86.4 Å². The Bertz CT molecular complexity index is 527. The first-order chi connectivity index (χ1) is 12.7. The summed E-state index contributed by atoms with van der Waals surface area (Å²) in [7, 11) is -4.74. The average Bonchev–Trinajstić information content (AvgIpc) is 2.56. The predicted octanol–water partition coefficient (Wildman–Crippen LogP) is 1.02. The molecule has 28 heavy (non-hydrogen) atoms. The van der Waals surface area contributed by atoms with Gasteiger partial charge < -0.3 is 10.9 Å². The average molecular weight is 433 g/mol. The second-order valence-corrected chi connectivity index (χ2v) is 8.85. The molecule has 0 saturated heterocycles. The van der Waals surface area contributed by atoms with E-state index in [2.05, 4.69) is 6.92 Å². The molecular formula is C19H37NaO7S. The quantitative estimate of drug-likeness (QED) is 0.168. The maximum atomic E-state index is 11.9. The third-order valence-electron chi connectivity index (χ3n) is 4.17. The van der Waals surface area contributed by atoms with E-state index in [0.29, 0.717) is 18.8 Å². The molecule has 9 heteroatoms. The SMILES string of the molecule is CCCCCCCCCCOC(=O)C(CC(=O)OCCC(C)C)S(=O)(=O)O.[H-].[Na+]. The topological polar surface area (TPSA) is 107 Å². The van der Waals surface area contributed by atoms with Crippen molar-refractivity contribution in [3.05, 3.63) is 0 Å². The van der Waals surface area contributed by atoms with Crippen LogP contribution in [0.2, 0.25) is 0 Å². The number of rotatable bonds is 16. The summed E-state index contributed by atoms with van der Waals surface area (Å²) in [5.41, 5.74) is 0. The van der Waals surface area contributed by atoms with Crippen molar-refractivity contribution >= 4 is 22.1 Å². The van der Waals surface area contributed by atoms with E-state index < -0.39 is 33.7 Å². The number of carbonyl (C=O) groups is 2. The van der Waals surface area contributed by atoms with Crippen molar-refractivity contribution < 1.29 is 63.0 Å². The van der Waals surface area contributed by atoms with E-state index in [1.54, 1.807) is 0 Å². The Kier molecular flexibility index (Phi) is 19.0. The van der Waals surface area contributed by atoms with Gasteiger partial charge >= 0.3 is 41.5 Å². The van der Waals surface area contributed by atoms with E-state index in [4.69, 9.17) is 9.47 Å². The van der Waals surface area contributed by atoms with Crippen LogP contribution in [0.25, 0.3) is 0 Å². The first kappa shape index (κ1) is 30.0. The molecule has 1 atom stereocenters. The van der Waals surface area contributed by atoms with Crippen LogP contribution in [0.3, 0.4) is 0 Å². The third kappa shape index (κ3) is 16.8. The first-order valence-corrected chi connectivity index (χ1v) is 11.5. The molecule has 0 rings (SSSR count). The van der Waals surface area contributed by atoms with E-state index in [9.17, 15) is 22.6 Å². The molecule has 1 N–H and O–H groups in total. The number of ether oxygens (including phenoxy) is 2. The van der Waals surface area contributed by atoms with Crippen LogP contribution in [0.5, 0.6) is 0 Å². The zero-order valence-electron chi connectivity index (χ0n) is 18.9. The molecule has 0 heterocycles. The van der Waals surface area contributed by atoms with Crippen LogP contribution in [-0.4, -0.2) is 43.4 Å². The smallest absolute Gasteiger partial charge is 1.00 e. The van der Waals surface area contributed by atoms with Crippen LogP contribution in [0, 0.1) is 5.92 Å². The molecule has 0 aromatic heterocycles. The monoisotopic (exact) mass is 432 g/mol. The molecule has 0 saturated carbocycles. The molecule has 0 amide bonds. The molecule has 162 valence electrons. The summed E-state index contributed by atoms with van der Waals surface area (Å²) in [4.78, 5) is 23.6. The van der Waals surface area contributed by atoms with Gasteiger partial charge in [0.15, 0.2) is 5.25 Å². The van der Waals surface area contributed by atoms with Gasteiger partial charge in [0.25, 0.3) is 10.1 Å². The fourth-order valence-corrected chi connectivity index (χ4v) is 3.09. The van der Waals surface area contributed by atoms with Crippen LogP contribution in [-0.2, 0) is 29.2 Å². The minimum atomic E-state index is -4.74. The van der Waals surface area contributed by atoms with E-state index in [0.717, 1.165) is 19.3 Å². The molecule has 0 bridgehead atoms. The van der Waals surface area contributed by atoms with Crippen LogP contribution >= 0.6 is 0 Å². The van der Waals surface area contributed by atoms with E-state index in [-0.39, 0.29) is 44.2 Å². The molecule has 7 nitrogen and oxygen atoms in total. The number of unbranched alkanes of at least 4 members (excludes halogenated alkanes) is 7. The van der Waals surface area contributed by atoms with Crippen LogP contribution in [0.4, 0.5) is 0 Å². The molecule has 0 aromatic carbocycles. The Hall–Kier alpha value is -0.150. The molecule has 1 unspecified atom stereocenters. The minimum Gasteiger partial charge on any atom is -1.00 e.